The molecule has 0 amide bonds. The van der Waals surface area contributed by atoms with E-state index < -0.39 is 32.7 Å². The Balaban J connectivity index is 0.000000336. The lowest BCUT2D eigenvalue weighted by Gasteiger charge is -2.13. The summed E-state index contributed by atoms with van der Waals surface area (Å²) < 4.78 is 50.8. The molecular weight excluding hydrogens is 541 g/mol. The number of aromatic nitrogens is 2. The summed E-state index contributed by atoms with van der Waals surface area (Å²) in [5.41, 5.74) is 2.51. The summed E-state index contributed by atoms with van der Waals surface area (Å²) in [5.74, 6) is -1.33. The maximum absolute atomic E-state index is 14.5. The van der Waals surface area contributed by atoms with Crippen molar-refractivity contribution in [1.82, 2.24) is 9.55 Å². The standard InChI is InChI=1S/C21H20FN3O4.C7H8O3S/c1-14(17-8-9-18(19(22)12-17)16-6-4-3-5-7-16)21(26)29-11-10-24-15(2)23-13-20(24)25(27)28;1-6-3-2-4-7(5-6)11(8,9)10/h3-9,12-14H,10-11H2,1-2H3;2-5H,1H3,(H,8,9,10)/t14-;/m0./s1. The van der Waals surface area contributed by atoms with Gasteiger partial charge in [0.2, 0.25) is 0 Å². The number of carbonyl (C=O) groups is 1. The van der Waals surface area contributed by atoms with Gasteiger partial charge >= 0.3 is 11.8 Å². The van der Waals surface area contributed by atoms with Gasteiger partial charge in [0, 0.05) is 12.5 Å². The highest BCUT2D eigenvalue weighted by Crippen LogP contribution is 2.27. The largest absolute Gasteiger partial charge is 0.461 e. The minimum atomic E-state index is -4.03. The van der Waals surface area contributed by atoms with Crippen molar-refractivity contribution in [2.24, 2.45) is 0 Å². The molecule has 1 heterocycles. The number of nitrogens with zero attached hydrogens (tertiary/aromatic N) is 3. The Kier molecular flexibility index (Phi) is 9.86. The molecule has 4 rings (SSSR count). The van der Waals surface area contributed by atoms with Crippen LogP contribution in [0.25, 0.3) is 11.1 Å². The van der Waals surface area contributed by atoms with E-state index in [9.17, 15) is 27.7 Å². The molecule has 0 aliphatic carbocycles. The van der Waals surface area contributed by atoms with Gasteiger partial charge in [-0.2, -0.15) is 8.42 Å². The molecule has 0 saturated heterocycles. The predicted molar refractivity (Wildman–Crippen MR) is 146 cm³/mol. The van der Waals surface area contributed by atoms with Crippen molar-refractivity contribution in [1.29, 1.82) is 0 Å². The van der Waals surface area contributed by atoms with E-state index >= 15 is 0 Å². The van der Waals surface area contributed by atoms with Crippen molar-refractivity contribution in [3.63, 3.8) is 0 Å². The molecular formula is C28H28FN3O7S. The first-order valence-electron chi connectivity index (χ1n) is 12.1. The SMILES string of the molecule is Cc1cccc(S(=O)(=O)O)c1.Cc1ncc([N+](=O)[O-])n1CCOC(=O)[C@@H](C)c1ccc(-c2ccccc2)c(F)c1. The van der Waals surface area contributed by atoms with Gasteiger partial charge in [0.25, 0.3) is 10.1 Å². The molecule has 1 N–H and O–H groups in total. The van der Waals surface area contributed by atoms with Crippen molar-refractivity contribution < 1.29 is 31.8 Å². The fourth-order valence-electron chi connectivity index (χ4n) is 3.81. The number of hydrogen-bond acceptors (Lipinski definition) is 7. The average Bonchev–Trinajstić information content (AvgIpc) is 3.29. The lowest BCUT2D eigenvalue weighted by molar-refractivity contribution is -0.392. The summed E-state index contributed by atoms with van der Waals surface area (Å²) in [6.07, 6.45) is 1.16. The molecule has 0 aliphatic rings. The van der Waals surface area contributed by atoms with Gasteiger partial charge in [0.15, 0.2) is 5.82 Å². The van der Waals surface area contributed by atoms with Crippen LogP contribution >= 0.6 is 0 Å². The second-order valence-corrected chi connectivity index (χ2v) is 10.3. The number of rotatable bonds is 8. The van der Waals surface area contributed by atoms with Gasteiger partial charge in [-0.05, 0) is 53.7 Å². The minimum Gasteiger partial charge on any atom is -0.461 e. The van der Waals surface area contributed by atoms with E-state index in [1.54, 1.807) is 45.0 Å². The van der Waals surface area contributed by atoms with E-state index in [1.807, 2.05) is 30.3 Å². The summed E-state index contributed by atoms with van der Waals surface area (Å²) in [4.78, 5) is 26.6. The van der Waals surface area contributed by atoms with E-state index in [0.717, 1.165) is 17.3 Å². The lowest BCUT2D eigenvalue weighted by Crippen LogP contribution is -2.17. The zero-order valence-corrected chi connectivity index (χ0v) is 22.8. The van der Waals surface area contributed by atoms with Gasteiger partial charge in [-0.25, -0.2) is 13.9 Å². The number of benzene rings is 3. The van der Waals surface area contributed by atoms with Gasteiger partial charge in [0.05, 0.1) is 10.8 Å². The van der Waals surface area contributed by atoms with Crippen LogP contribution < -0.4 is 0 Å². The number of ether oxygens (including phenoxy) is 1. The molecule has 0 saturated carbocycles. The maximum atomic E-state index is 14.5. The van der Waals surface area contributed by atoms with Crippen LogP contribution in [-0.2, 0) is 26.2 Å². The Hall–Kier alpha value is -4.42. The number of esters is 1. The van der Waals surface area contributed by atoms with Crippen LogP contribution in [0.4, 0.5) is 10.2 Å². The first-order chi connectivity index (χ1) is 18.9. The fourth-order valence-corrected chi connectivity index (χ4v) is 4.39. The van der Waals surface area contributed by atoms with E-state index in [-0.39, 0.29) is 23.9 Å². The van der Waals surface area contributed by atoms with Gasteiger partial charge < -0.3 is 14.9 Å². The van der Waals surface area contributed by atoms with E-state index in [4.69, 9.17) is 9.29 Å². The van der Waals surface area contributed by atoms with Crippen LogP contribution in [0.5, 0.6) is 0 Å². The third-order valence-electron chi connectivity index (χ3n) is 6.00. The molecule has 0 radical (unpaired) electrons. The molecule has 10 nitrogen and oxygen atoms in total. The van der Waals surface area contributed by atoms with Crippen LogP contribution in [0.15, 0.2) is 83.9 Å². The fraction of sp³-hybridized carbons (Fsp3) is 0.214. The first-order valence-corrected chi connectivity index (χ1v) is 13.5. The first kappa shape index (κ1) is 30.1. The van der Waals surface area contributed by atoms with Crippen molar-refractivity contribution >= 4 is 21.9 Å². The normalized spacial score (nSPS) is 11.7. The number of nitro groups is 1. The van der Waals surface area contributed by atoms with E-state index in [1.165, 1.54) is 22.8 Å². The second kappa shape index (κ2) is 13.1. The number of carbonyl (C=O) groups excluding carboxylic acids is 1. The lowest BCUT2D eigenvalue weighted by atomic mass is 9.97. The molecule has 12 heteroatoms. The minimum absolute atomic E-state index is 0.0498. The molecule has 0 unspecified atom stereocenters. The Labute approximate surface area is 231 Å². The van der Waals surface area contributed by atoms with Crippen LogP contribution in [0.1, 0.15) is 29.8 Å². The second-order valence-electron chi connectivity index (χ2n) is 8.86. The quantitative estimate of drug-likeness (QED) is 0.127. The molecule has 1 atom stereocenters. The summed E-state index contributed by atoms with van der Waals surface area (Å²) in [6.45, 7) is 5.08. The van der Waals surface area contributed by atoms with Crippen molar-refractivity contribution in [2.75, 3.05) is 6.61 Å². The Bertz CT molecular complexity index is 1610. The third kappa shape index (κ3) is 7.80. The average molecular weight is 570 g/mol. The van der Waals surface area contributed by atoms with E-state index in [2.05, 4.69) is 4.98 Å². The Morgan fingerprint density at radius 3 is 2.38 bits per heavy atom. The molecule has 210 valence electrons. The maximum Gasteiger partial charge on any atom is 0.342 e. The number of halogens is 1. The van der Waals surface area contributed by atoms with Crippen LogP contribution in [-0.4, -0.2) is 40.0 Å². The smallest absolute Gasteiger partial charge is 0.342 e. The van der Waals surface area contributed by atoms with Crippen molar-refractivity contribution in [3.05, 3.63) is 112 Å². The van der Waals surface area contributed by atoms with Gasteiger partial charge in [0.1, 0.15) is 25.2 Å². The van der Waals surface area contributed by atoms with Crippen LogP contribution in [0.3, 0.4) is 0 Å². The Morgan fingerprint density at radius 2 is 1.80 bits per heavy atom. The molecule has 3 aromatic carbocycles. The summed E-state index contributed by atoms with van der Waals surface area (Å²) in [6, 6.07) is 19.9. The zero-order valence-electron chi connectivity index (χ0n) is 22.0. The molecule has 40 heavy (non-hydrogen) atoms. The van der Waals surface area contributed by atoms with Gasteiger partial charge in [-0.3, -0.25) is 9.35 Å². The third-order valence-corrected chi connectivity index (χ3v) is 6.85. The monoisotopic (exact) mass is 569 g/mol. The summed E-state index contributed by atoms with van der Waals surface area (Å²) in [7, 11) is -4.03. The summed E-state index contributed by atoms with van der Waals surface area (Å²) in [5, 5.41) is 11.0. The molecule has 1 aromatic heterocycles. The molecule has 0 fully saturated rings. The topological polar surface area (TPSA) is 142 Å². The van der Waals surface area contributed by atoms with Crippen LogP contribution in [0, 0.1) is 29.8 Å². The van der Waals surface area contributed by atoms with Crippen LogP contribution in [0.2, 0.25) is 0 Å². The van der Waals surface area contributed by atoms with Crippen molar-refractivity contribution in [2.45, 2.75) is 38.1 Å². The highest BCUT2D eigenvalue weighted by Gasteiger charge is 2.21. The molecule has 4 aromatic rings. The number of hydrogen-bond donors (Lipinski definition) is 1. The molecule has 0 aliphatic heterocycles. The molecule has 0 spiro atoms. The number of imidazole rings is 1. The number of aryl methyl sites for hydroxylation is 2. The van der Waals surface area contributed by atoms with Gasteiger partial charge in [-0.1, -0.05) is 54.6 Å². The highest BCUT2D eigenvalue weighted by atomic mass is 32.2. The zero-order chi connectivity index (χ0) is 29.4. The van der Waals surface area contributed by atoms with E-state index in [0.29, 0.717) is 17.0 Å². The van der Waals surface area contributed by atoms with Crippen molar-refractivity contribution in [3.8, 4) is 11.1 Å². The highest BCUT2D eigenvalue weighted by molar-refractivity contribution is 7.85. The Morgan fingerprint density at radius 1 is 1.10 bits per heavy atom. The van der Waals surface area contributed by atoms with Gasteiger partial charge in [-0.15, -0.1) is 0 Å². The predicted octanol–water partition coefficient (Wildman–Crippen LogP) is 5.49. The summed E-state index contributed by atoms with van der Waals surface area (Å²) >= 11 is 0. The molecule has 0 bridgehead atoms.